The zero-order valence-electron chi connectivity index (χ0n) is 16.2. The number of hydrogen-bond acceptors (Lipinski definition) is 6. The van der Waals surface area contributed by atoms with Crippen LogP contribution in [0.15, 0.2) is 18.3 Å². The standard InChI is InChI=1S/C20H21F2N5OS/c1-11-19(29-12(2)25-11)20(28)27-6-4-3-5-13(27)9-24-18-10-23-16-7-14(21)15(22)8-17(16)26-18/h7-8,10,13H,3-6,9H2,1-2H3,(H,24,26)/t13-/m0/s1. The summed E-state index contributed by atoms with van der Waals surface area (Å²) in [6, 6.07) is 2.08. The predicted molar refractivity (Wildman–Crippen MR) is 108 cm³/mol. The molecule has 152 valence electrons. The number of anilines is 1. The third-order valence-corrected chi connectivity index (χ3v) is 6.15. The van der Waals surface area contributed by atoms with Crippen molar-refractivity contribution in [3.8, 4) is 0 Å². The first-order valence-corrected chi connectivity index (χ1v) is 10.3. The van der Waals surface area contributed by atoms with Gasteiger partial charge in [0.2, 0.25) is 0 Å². The van der Waals surface area contributed by atoms with Crippen LogP contribution >= 0.6 is 11.3 Å². The Balaban J connectivity index is 1.50. The van der Waals surface area contributed by atoms with E-state index in [-0.39, 0.29) is 17.5 Å². The first-order valence-electron chi connectivity index (χ1n) is 9.53. The molecule has 6 nitrogen and oxygen atoms in total. The quantitative estimate of drug-likeness (QED) is 0.692. The zero-order chi connectivity index (χ0) is 20.5. The van der Waals surface area contributed by atoms with E-state index in [1.807, 2.05) is 18.7 Å². The number of thiazole rings is 1. The van der Waals surface area contributed by atoms with Gasteiger partial charge < -0.3 is 10.2 Å². The number of likely N-dealkylation sites (tertiary alicyclic amines) is 1. The van der Waals surface area contributed by atoms with Crippen LogP contribution in [0.4, 0.5) is 14.6 Å². The van der Waals surface area contributed by atoms with Crippen molar-refractivity contribution in [2.75, 3.05) is 18.4 Å². The number of hydrogen-bond donors (Lipinski definition) is 1. The summed E-state index contributed by atoms with van der Waals surface area (Å²) in [5.74, 6) is -1.42. The van der Waals surface area contributed by atoms with Gasteiger partial charge in [0.1, 0.15) is 10.7 Å². The van der Waals surface area contributed by atoms with E-state index in [0.29, 0.717) is 29.3 Å². The number of rotatable bonds is 4. The lowest BCUT2D eigenvalue weighted by atomic mass is 10.0. The molecule has 1 atom stereocenters. The van der Waals surface area contributed by atoms with Crippen LogP contribution in [0.3, 0.4) is 0 Å². The molecule has 0 saturated carbocycles. The van der Waals surface area contributed by atoms with Crippen LogP contribution in [-0.4, -0.2) is 44.9 Å². The number of nitrogens with one attached hydrogen (secondary N) is 1. The highest BCUT2D eigenvalue weighted by atomic mass is 32.1. The lowest BCUT2D eigenvalue weighted by Gasteiger charge is -2.35. The Kier molecular flexibility index (Phi) is 5.40. The van der Waals surface area contributed by atoms with Gasteiger partial charge in [-0.2, -0.15) is 0 Å². The first kappa shape index (κ1) is 19.6. The van der Waals surface area contributed by atoms with Crippen LogP contribution in [0.2, 0.25) is 0 Å². The molecule has 0 aliphatic carbocycles. The molecule has 29 heavy (non-hydrogen) atoms. The lowest BCUT2D eigenvalue weighted by Crippen LogP contribution is -2.47. The molecule has 1 fully saturated rings. The van der Waals surface area contributed by atoms with Gasteiger partial charge in [-0.25, -0.2) is 18.7 Å². The molecule has 1 aliphatic rings. The Labute approximate surface area is 171 Å². The number of carbonyl (C=O) groups excluding carboxylic acids is 1. The third kappa shape index (κ3) is 4.05. The fourth-order valence-corrected chi connectivity index (χ4v) is 4.53. The largest absolute Gasteiger partial charge is 0.367 e. The fraction of sp³-hybridized carbons (Fsp3) is 0.400. The van der Waals surface area contributed by atoms with Crippen LogP contribution in [0.25, 0.3) is 11.0 Å². The number of fused-ring (bicyclic) bond motifs is 1. The second-order valence-electron chi connectivity index (χ2n) is 7.19. The van der Waals surface area contributed by atoms with Crippen LogP contribution in [-0.2, 0) is 0 Å². The second-order valence-corrected chi connectivity index (χ2v) is 8.39. The van der Waals surface area contributed by atoms with Crippen molar-refractivity contribution in [2.24, 2.45) is 0 Å². The fourth-order valence-electron chi connectivity index (χ4n) is 3.66. The van der Waals surface area contributed by atoms with E-state index in [2.05, 4.69) is 20.3 Å². The summed E-state index contributed by atoms with van der Waals surface area (Å²) in [4.78, 5) is 28.5. The average Bonchev–Trinajstić information content (AvgIpc) is 3.05. The number of nitrogens with zero attached hydrogens (tertiary/aromatic N) is 4. The highest BCUT2D eigenvalue weighted by molar-refractivity contribution is 7.13. The molecule has 0 bridgehead atoms. The molecule has 0 spiro atoms. The number of halogens is 2. The maximum absolute atomic E-state index is 13.5. The minimum absolute atomic E-state index is 0.0144. The maximum atomic E-state index is 13.5. The van der Waals surface area contributed by atoms with Crippen molar-refractivity contribution in [2.45, 2.75) is 39.2 Å². The van der Waals surface area contributed by atoms with Crippen LogP contribution < -0.4 is 5.32 Å². The molecule has 4 rings (SSSR count). The highest BCUT2D eigenvalue weighted by Gasteiger charge is 2.29. The average molecular weight is 417 g/mol. The van der Waals surface area contributed by atoms with E-state index < -0.39 is 11.6 Å². The normalized spacial score (nSPS) is 17.0. The molecule has 9 heteroatoms. The van der Waals surface area contributed by atoms with Crippen molar-refractivity contribution in [1.29, 1.82) is 0 Å². The summed E-state index contributed by atoms with van der Waals surface area (Å²) in [7, 11) is 0. The zero-order valence-corrected chi connectivity index (χ0v) is 17.0. The monoisotopic (exact) mass is 417 g/mol. The summed E-state index contributed by atoms with van der Waals surface area (Å²) in [6.45, 7) is 4.97. The lowest BCUT2D eigenvalue weighted by molar-refractivity contribution is 0.0632. The minimum Gasteiger partial charge on any atom is -0.367 e. The van der Waals surface area contributed by atoms with Crippen molar-refractivity contribution >= 4 is 34.1 Å². The Bertz CT molecular complexity index is 1070. The molecule has 1 aliphatic heterocycles. The SMILES string of the molecule is Cc1nc(C)c(C(=O)N2CCCC[C@H]2CNc2cnc3cc(F)c(F)cc3n2)s1. The molecule has 1 aromatic carbocycles. The first-order chi connectivity index (χ1) is 13.9. The molecule has 2 aromatic heterocycles. The van der Waals surface area contributed by atoms with Crippen LogP contribution in [0, 0.1) is 25.5 Å². The topological polar surface area (TPSA) is 71.0 Å². The molecule has 0 unspecified atom stereocenters. The van der Waals surface area contributed by atoms with Crippen molar-refractivity contribution in [1.82, 2.24) is 19.9 Å². The van der Waals surface area contributed by atoms with E-state index in [1.165, 1.54) is 17.5 Å². The Morgan fingerprint density at radius 2 is 1.97 bits per heavy atom. The second kappa shape index (κ2) is 7.98. The van der Waals surface area contributed by atoms with Crippen molar-refractivity contribution in [3.63, 3.8) is 0 Å². The highest BCUT2D eigenvalue weighted by Crippen LogP contribution is 2.25. The van der Waals surface area contributed by atoms with Gasteiger partial charge in [-0.1, -0.05) is 0 Å². The molecule has 1 saturated heterocycles. The number of carbonyl (C=O) groups is 1. The van der Waals surface area contributed by atoms with E-state index in [9.17, 15) is 13.6 Å². The molecule has 1 amide bonds. The van der Waals surface area contributed by atoms with Crippen LogP contribution in [0.5, 0.6) is 0 Å². The van der Waals surface area contributed by atoms with Gasteiger partial charge in [-0.15, -0.1) is 11.3 Å². The van der Waals surface area contributed by atoms with Crippen molar-refractivity contribution in [3.05, 3.63) is 45.5 Å². The Morgan fingerprint density at radius 3 is 2.69 bits per heavy atom. The third-order valence-electron chi connectivity index (χ3n) is 5.09. The summed E-state index contributed by atoms with van der Waals surface area (Å²) in [6.07, 6.45) is 4.40. The van der Waals surface area contributed by atoms with Gasteiger partial charge in [0.05, 0.1) is 27.9 Å². The predicted octanol–water partition coefficient (Wildman–Crippen LogP) is 4.09. The van der Waals surface area contributed by atoms with Crippen LogP contribution in [0.1, 0.15) is 39.6 Å². The molecular formula is C20H21F2N5OS. The maximum Gasteiger partial charge on any atom is 0.266 e. The summed E-state index contributed by atoms with van der Waals surface area (Å²) in [5.41, 5.74) is 1.34. The number of piperidine rings is 1. The van der Waals surface area contributed by atoms with Crippen molar-refractivity contribution < 1.29 is 13.6 Å². The smallest absolute Gasteiger partial charge is 0.266 e. The molecule has 1 N–H and O–H groups in total. The minimum atomic E-state index is -0.955. The number of amides is 1. The van der Waals surface area contributed by atoms with Gasteiger partial charge >= 0.3 is 0 Å². The van der Waals surface area contributed by atoms with E-state index >= 15 is 0 Å². The summed E-state index contributed by atoms with van der Waals surface area (Å²) >= 11 is 1.43. The number of aromatic nitrogens is 3. The molecule has 3 aromatic rings. The summed E-state index contributed by atoms with van der Waals surface area (Å²) in [5, 5.41) is 4.08. The van der Waals surface area contributed by atoms with Gasteiger partial charge in [-0.05, 0) is 33.1 Å². The van der Waals surface area contributed by atoms with Gasteiger partial charge in [0, 0.05) is 31.3 Å². The Hall–Kier alpha value is -2.68. The number of benzene rings is 1. The van der Waals surface area contributed by atoms with Gasteiger partial charge in [0.25, 0.3) is 5.91 Å². The van der Waals surface area contributed by atoms with E-state index in [4.69, 9.17) is 0 Å². The summed E-state index contributed by atoms with van der Waals surface area (Å²) < 4.78 is 26.8. The molecule has 0 radical (unpaired) electrons. The Morgan fingerprint density at radius 1 is 1.21 bits per heavy atom. The molecular weight excluding hydrogens is 396 g/mol. The van der Waals surface area contributed by atoms with E-state index in [0.717, 1.165) is 42.1 Å². The van der Waals surface area contributed by atoms with Gasteiger partial charge in [0.15, 0.2) is 11.6 Å². The van der Waals surface area contributed by atoms with Gasteiger partial charge in [-0.3, -0.25) is 9.78 Å². The molecule has 3 heterocycles. The van der Waals surface area contributed by atoms with E-state index in [1.54, 1.807) is 0 Å². The number of aryl methyl sites for hydroxylation is 2.